The SMILES string of the molecule is Cc1cccc(CCCC(=O)N(C)CC(C)CN)c1. The second-order valence-electron chi connectivity index (χ2n) is 5.46. The van der Waals surface area contributed by atoms with E-state index in [2.05, 4.69) is 38.1 Å². The summed E-state index contributed by atoms with van der Waals surface area (Å²) in [5.41, 5.74) is 8.16. The molecule has 3 heteroatoms. The van der Waals surface area contributed by atoms with E-state index in [0.29, 0.717) is 18.9 Å². The van der Waals surface area contributed by atoms with Gasteiger partial charge in [0.1, 0.15) is 0 Å². The molecule has 1 aromatic carbocycles. The lowest BCUT2D eigenvalue weighted by atomic mass is 10.1. The van der Waals surface area contributed by atoms with Crippen molar-refractivity contribution in [2.45, 2.75) is 33.1 Å². The van der Waals surface area contributed by atoms with Gasteiger partial charge in [0.05, 0.1) is 0 Å². The fourth-order valence-corrected chi connectivity index (χ4v) is 2.15. The summed E-state index contributed by atoms with van der Waals surface area (Å²) in [6.45, 7) is 5.54. The molecule has 0 aliphatic heterocycles. The van der Waals surface area contributed by atoms with Crippen molar-refractivity contribution in [3.63, 3.8) is 0 Å². The van der Waals surface area contributed by atoms with Crippen molar-refractivity contribution < 1.29 is 4.79 Å². The maximum atomic E-state index is 11.9. The van der Waals surface area contributed by atoms with Crippen LogP contribution in [-0.4, -0.2) is 30.9 Å². The quantitative estimate of drug-likeness (QED) is 0.820. The monoisotopic (exact) mass is 262 g/mol. The smallest absolute Gasteiger partial charge is 0.222 e. The molecule has 3 nitrogen and oxygen atoms in total. The molecule has 106 valence electrons. The highest BCUT2D eigenvalue weighted by Crippen LogP contribution is 2.09. The van der Waals surface area contributed by atoms with E-state index in [-0.39, 0.29) is 5.91 Å². The number of amides is 1. The van der Waals surface area contributed by atoms with Crippen LogP contribution in [0.1, 0.15) is 30.9 Å². The Morgan fingerprint density at radius 3 is 2.79 bits per heavy atom. The van der Waals surface area contributed by atoms with Gasteiger partial charge in [0.2, 0.25) is 5.91 Å². The van der Waals surface area contributed by atoms with Crippen LogP contribution in [0, 0.1) is 12.8 Å². The normalized spacial score (nSPS) is 12.2. The summed E-state index contributed by atoms with van der Waals surface area (Å²) in [7, 11) is 1.86. The van der Waals surface area contributed by atoms with E-state index in [1.807, 2.05) is 7.05 Å². The van der Waals surface area contributed by atoms with Gasteiger partial charge in [0.15, 0.2) is 0 Å². The Balaban J connectivity index is 2.30. The maximum absolute atomic E-state index is 11.9. The van der Waals surface area contributed by atoms with E-state index in [1.54, 1.807) is 4.90 Å². The number of aryl methyl sites for hydroxylation is 2. The molecule has 0 bridgehead atoms. The molecule has 0 spiro atoms. The number of nitrogens with two attached hydrogens (primary N) is 1. The molecule has 1 unspecified atom stereocenters. The molecule has 1 aromatic rings. The van der Waals surface area contributed by atoms with Gasteiger partial charge in [-0.15, -0.1) is 0 Å². The highest BCUT2D eigenvalue weighted by molar-refractivity contribution is 5.75. The summed E-state index contributed by atoms with van der Waals surface area (Å²) < 4.78 is 0. The van der Waals surface area contributed by atoms with Crippen molar-refractivity contribution in [1.29, 1.82) is 0 Å². The molecule has 2 N–H and O–H groups in total. The molecule has 0 heterocycles. The molecule has 0 saturated heterocycles. The highest BCUT2D eigenvalue weighted by Gasteiger charge is 2.11. The Kier molecular flexibility index (Phi) is 6.57. The molecule has 0 aromatic heterocycles. The Labute approximate surface area is 116 Å². The minimum absolute atomic E-state index is 0.216. The summed E-state index contributed by atoms with van der Waals surface area (Å²) in [5, 5.41) is 0. The molecule has 1 atom stereocenters. The third-order valence-electron chi connectivity index (χ3n) is 3.35. The highest BCUT2D eigenvalue weighted by atomic mass is 16.2. The summed E-state index contributed by atoms with van der Waals surface area (Å²) >= 11 is 0. The predicted octanol–water partition coefficient (Wildman–Crippen LogP) is 2.37. The number of rotatable bonds is 7. The van der Waals surface area contributed by atoms with Gasteiger partial charge in [0.25, 0.3) is 0 Å². The van der Waals surface area contributed by atoms with E-state index in [9.17, 15) is 4.79 Å². The zero-order chi connectivity index (χ0) is 14.3. The molecule has 1 rings (SSSR count). The molecule has 1 amide bonds. The van der Waals surface area contributed by atoms with Crippen LogP contribution in [-0.2, 0) is 11.2 Å². The minimum atomic E-state index is 0.216. The first-order chi connectivity index (χ1) is 9.02. The molecule has 0 aliphatic carbocycles. The van der Waals surface area contributed by atoms with E-state index in [4.69, 9.17) is 5.73 Å². The summed E-state index contributed by atoms with van der Waals surface area (Å²) in [4.78, 5) is 13.7. The minimum Gasteiger partial charge on any atom is -0.345 e. The van der Waals surface area contributed by atoms with Gasteiger partial charge in [-0.2, -0.15) is 0 Å². The first-order valence-corrected chi connectivity index (χ1v) is 7.02. The Morgan fingerprint density at radius 1 is 1.42 bits per heavy atom. The third kappa shape index (κ3) is 5.88. The Hall–Kier alpha value is -1.35. The first-order valence-electron chi connectivity index (χ1n) is 7.02. The lowest BCUT2D eigenvalue weighted by Crippen LogP contribution is -2.33. The van der Waals surface area contributed by atoms with Crippen LogP contribution in [0.2, 0.25) is 0 Å². The van der Waals surface area contributed by atoms with Gasteiger partial charge in [-0.25, -0.2) is 0 Å². The van der Waals surface area contributed by atoms with E-state index in [0.717, 1.165) is 19.4 Å². The van der Waals surface area contributed by atoms with Crippen LogP contribution in [0.4, 0.5) is 0 Å². The van der Waals surface area contributed by atoms with Gasteiger partial charge < -0.3 is 10.6 Å². The van der Waals surface area contributed by atoms with Crippen molar-refractivity contribution in [2.24, 2.45) is 11.7 Å². The average Bonchev–Trinajstić information content (AvgIpc) is 2.38. The van der Waals surface area contributed by atoms with Crippen LogP contribution >= 0.6 is 0 Å². The Morgan fingerprint density at radius 2 is 2.16 bits per heavy atom. The standard InChI is InChI=1S/C16H26N2O/c1-13-6-4-7-15(10-13)8-5-9-16(19)18(3)12-14(2)11-17/h4,6-7,10,14H,5,8-9,11-12,17H2,1-3H3. The van der Waals surface area contributed by atoms with E-state index in [1.165, 1.54) is 11.1 Å². The van der Waals surface area contributed by atoms with Crippen LogP contribution in [0.3, 0.4) is 0 Å². The number of carbonyl (C=O) groups is 1. The van der Waals surface area contributed by atoms with Crippen molar-refractivity contribution in [3.8, 4) is 0 Å². The van der Waals surface area contributed by atoms with Gasteiger partial charge in [-0.3, -0.25) is 4.79 Å². The summed E-state index contributed by atoms with van der Waals surface area (Å²) in [6.07, 6.45) is 2.49. The van der Waals surface area contributed by atoms with Gasteiger partial charge in [-0.1, -0.05) is 36.8 Å². The zero-order valence-corrected chi connectivity index (χ0v) is 12.4. The van der Waals surface area contributed by atoms with E-state index < -0.39 is 0 Å². The van der Waals surface area contributed by atoms with Gasteiger partial charge in [-0.05, 0) is 37.8 Å². The van der Waals surface area contributed by atoms with Crippen LogP contribution in [0.5, 0.6) is 0 Å². The molecule has 0 aliphatic rings. The van der Waals surface area contributed by atoms with Crippen molar-refractivity contribution in [2.75, 3.05) is 20.1 Å². The second kappa shape index (κ2) is 7.95. The molecule has 19 heavy (non-hydrogen) atoms. The van der Waals surface area contributed by atoms with Crippen LogP contribution < -0.4 is 5.73 Å². The maximum Gasteiger partial charge on any atom is 0.222 e. The van der Waals surface area contributed by atoms with Gasteiger partial charge in [0, 0.05) is 20.0 Å². The number of hydrogen-bond acceptors (Lipinski definition) is 2. The lowest BCUT2D eigenvalue weighted by Gasteiger charge is -2.20. The second-order valence-corrected chi connectivity index (χ2v) is 5.46. The van der Waals surface area contributed by atoms with Crippen LogP contribution in [0.25, 0.3) is 0 Å². The molecular weight excluding hydrogens is 236 g/mol. The summed E-state index contributed by atoms with van der Waals surface area (Å²) in [5.74, 6) is 0.582. The fourth-order valence-electron chi connectivity index (χ4n) is 2.15. The lowest BCUT2D eigenvalue weighted by molar-refractivity contribution is -0.130. The molecule has 0 radical (unpaired) electrons. The number of carbonyl (C=O) groups excluding carboxylic acids is 1. The molecule has 0 fully saturated rings. The van der Waals surface area contributed by atoms with Crippen molar-refractivity contribution >= 4 is 5.91 Å². The predicted molar refractivity (Wildman–Crippen MR) is 80.0 cm³/mol. The largest absolute Gasteiger partial charge is 0.345 e. The fraction of sp³-hybridized carbons (Fsp3) is 0.562. The number of nitrogens with zero attached hydrogens (tertiary/aromatic N) is 1. The average molecular weight is 262 g/mol. The molecular formula is C16H26N2O. The Bertz CT molecular complexity index is 403. The zero-order valence-electron chi connectivity index (χ0n) is 12.4. The van der Waals surface area contributed by atoms with Crippen molar-refractivity contribution in [1.82, 2.24) is 4.90 Å². The number of hydrogen-bond donors (Lipinski definition) is 1. The third-order valence-corrected chi connectivity index (χ3v) is 3.35. The number of benzene rings is 1. The topological polar surface area (TPSA) is 46.3 Å². The van der Waals surface area contributed by atoms with Crippen molar-refractivity contribution in [3.05, 3.63) is 35.4 Å². The first kappa shape index (κ1) is 15.7. The van der Waals surface area contributed by atoms with E-state index >= 15 is 0 Å². The van der Waals surface area contributed by atoms with Gasteiger partial charge >= 0.3 is 0 Å². The van der Waals surface area contributed by atoms with Crippen LogP contribution in [0.15, 0.2) is 24.3 Å². The summed E-state index contributed by atoms with van der Waals surface area (Å²) in [6, 6.07) is 8.47. The molecule has 0 saturated carbocycles.